The van der Waals surface area contributed by atoms with E-state index < -0.39 is 0 Å². The van der Waals surface area contributed by atoms with Crippen molar-refractivity contribution in [3.63, 3.8) is 0 Å². The van der Waals surface area contributed by atoms with Crippen molar-refractivity contribution in [3.8, 4) is 0 Å². The largest absolute Gasteiger partial charge is 0.343 e. The molecule has 1 amide bonds. The number of hydrogen-bond acceptors (Lipinski definition) is 3. The minimum absolute atomic E-state index is 0.217. The Morgan fingerprint density at radius 3 is 2.64 bits per heavy atom. The van der Waals surface area contributed by atoms with Crippen LogP contribution >= 0.6 is 0 Å². The lowest BCUT2D eigenvalue weighted by Crippen LogP contribution is -2.30. The molecule has 0 saturated heterocycles. The minimum atomic E-state index is 0.217. The number of carbonyl (C=O) groups excluding carboxylic acids is 1. The van der Waals surface area contributed by atoms with E-state index in [2.05, 4.69) is 42.6 Å². The first-order chi connectivity index (χ1) is 16.2. The summed E-state index contributed by atoms with van der Waals surface area (Å²) in [7, 11) is 0. The van der Waals surface area contributed by atoms with Gasteiger partial charge >= 0.3 is 0 Å². The molecule has 1 aromatic carbocycles. The highest BCUT2D eigenvalue weighted by molar-refractivity contribution is 6.12. The van der Waals surface area contributed by atoms with Gasteiger partial charge in [0.1, 0.15) is 0 Å². The van der Waals surface area contributed by atoms with Crippen LogP contribution in [0, 0.1) is 5.92 Å². The van der Waals surface area contributed by atoms with Gasteiger partial charge in [-0.1, -0.05) is 49.6 Å². The van der Waals surface area contributed by atoms with Gasteiger partial charge < -0.3 is 4.90 Å². The van der Waals surface area contributed by atoms with E-state index in [-0.39, 0.29) is 5.91 Å². The van der Waals surface area contributed by atoms with E-state index in [4.69, 9.17) is 9.98 Å². The first kappa shape index (κ1) is 23.7. The molecule has 0 N–H and O–H groups in total. The second kappa shape index (κ2) is 12.1. The summed E-state index contributed by atoms with van der Waals surface area (Å²) in [5, 5.41) is 0. The summed E-state index contributed by atoms with van der Waals surface area (Å²) in [5.41, 5.74) is 6.25. The lowest BCUT2D eigenvalue weighted by Gasteiger charge is -2.21. The number of benzene rings is 1. The molecule has 3 aliphatic heterocycles. The number of aryl methyl sites for hydroxylation is 1. The fourth-order valence-corrected chi connectivity index (χ4v) is 5.13. The van der Waals surface area contributed by atoms with Crippen molar-refractivity contribution in [1.29, 1.82) is 0 Å². The Labute approximate surface area is 199 Å². The van der Waals surface area contributed by atoms with Gasteiger partial charge in [-0.15, -0.1) is 0 Å². The number of amides is 1. The third-order valence-electron chi connectivity index (χ3n) is 7.14. The van der Waals surface area contributed by atoms with E-state index in [9.17, 15) is 4.79 Å². The SMILES string of the molecule is CC(=O)N1CCCCCCc2cccc(c2)C2=C3CC(C=CC(=N3)CCCCC1)CCN=C2. The highest BCUT2D eigenvalue weighted by atomic mass is 16.2. The zero-order valence-corrected chi connectivity index (χ0v) is 20.3. The molecular weight excluding hydrogens is 406 g/mol. The van der Waals surface area contributed by atoms with E-state index in [1.54, 1.807) is 6.92 Å². The van der Waals surface area contributed by atoms with Crippen LogP contribution in [0.15, 0.2) is 52.1 Å². The topological polar surface area (TPSA) is 45.0 Å². The number of aliphatic imine (C=N–C) groups is 2. The molecule has 0 spiro atoms. The van der Waals surface area contributed by atoms with Gasteiger partial charge in [-0.2, -0.15) is 0 Å². The lowest BCUT2D eigenvalue weighted by atomic mass is 9.93. The number of carbonyl (C=O) groups is 1. The van der Waals surface area contributed by atoms with Crippen LogP contribution in [0.25, 0.3) is 5.57 Å². The smallest absolute Gasteiger partial charge is 0.219 e. The van der Waals surface area contributed by atoms with Crippen molar-refractivity contribution in [2.45, 2.75) is 77.6 Å². The summed E-state index contributed by atoms with van der Waals surface area (Å²) >= 11 is 0. The van der Waals surface area contributed by atoms with Gasteiger partial charge in [0.05, 0.1) is 5.70 Å². The molecule has 0 aromatic heterocycles. The van der Waals surface area contributed by atoms with Crippen molar-refractivity contribution in [1.82, 2.24) is 4.90 Å². The van der Waals surface area contributed by atoms with Crippen molar-refractivity contribution in [2.24, 2.45) is 15.9 Å². The molecule has 4 rings (SSSR count). The van der Waals surface area contributed by atoms with Gasteiger partial charge in [-0.3, -0.25) is 14.8 Å². The van der Waals surface area contributed by atoms with E-state index >= 15 is 0 Å². The van der Waals surface area contributed by atoms with Crippen molar-refractivity contribution < 1.29 is 4.79 Å². The molecule has 0 saturated carbocycles. The van der Waals surface area contributed by atoms with Crippen LogP contribution in [0.2, 0.25) is 0 Å². The monoisotopic (exact) mass is 445 g/mol. The van der Waals surface area contributed by atoms with Gasteiger partial charge in [0.25, 0.3) is 0 Å². The van der Waals surface area contributed by atoms with Crippen LogP contribution in [-0.2, 0) is 11.2 Å². The molecule has 1 atom stereocenters. The maximum atomic E-state index is 12.0. The highest BCUT2D eigenvalue weighted by Gasteiger charge is 2.18. The highest BCUT2D eigenvalue weighted by Crippen LogP contribution is 2.31. The fraction of sp³-hybridized carbons (Fsp3) is 0.552. The molecule has 4 nitrogen and oxygen atoms in total. The second-order valence-corrected chi connectivity index (χ2v) is 9.79. The Morgan fingerprint density at radius 1 is 1.00 bits per heavy atom. The molecule has 3 heterocycles. The summed E-state index contributed by atoms with van der Waals surface area (Å²) in [6.45, 7) is 4.38. The molecular formula is C29H39N3O. The zero-order chi connectivity index (χ0) is 22.9. The predicted molar refractivity (Wildman–Crippen MR) is 139 cm³/mol. The molecule has 0 fully saturated rings. The molecule has 176 valence electrons. The van der Waals surface area contributed by atoms with Gasteiger partial charge in [0.2, 0.25) is 5.91 Å². The number of nitrogens with zero attached hydrogens (tertiary/aromatic N) is 3. The second-order valence-electron chi connectivity index (χ2n) is 9.79. The van der Waals surface area contributed by atoms with E-state index in [0.29, 0.717) is 5.92 Å². The Hall–Kier alpha value is -2.49. The molecule has 33 heavy (non-hydrogen) atoms. The average Bonchev–Trinajstić information content (AvgIpc) is 3.01. The van der Waals surface area contributed by atoms with Gasteiger partial charge in [-0.05, 0) is 74.5 Å². The first-order valence-electron chi connectivity index (χ1n) is 13.0. The molecule has 3 aliphatic rings. The van der Waals surface area contributed by atoms with Gasteiger partial charge in [0, 0.05) is 44.1 Å². The van der Waals surface area contributed by atoms with E-state index in [1.807, 2.05) is 4.90 Å². The van der Waals surface area contributed by atoms with Crippen LogP contribution in [0.4, 0.5) is 0 Å². The molecule has 1 aromatic rings. The average molecular weight is 446 g/mol. The summed E-state index contributed by atoms with van der Waals surface area (Å²) in [5.74, 6) is 0.730. The number of fused-ring (bicyclic) bond motifs is 4. The maximum Gasteiger partial charge on any atom is 0.219 e. The van der Waals surface area contributed by atoms with Crippen LogP contribution in [-0.4, -0.2) is 42.4 Å². The lowest BCUT2D eigenvalue weighted by molar-refractivity contribution is -0.129. The van der Waals surface area contributed by atoms with Crippen LogP contribution < -0.4 is 0 Å². The fourth-order valence-electron chi connectivity index (χ4n) is 5.13. The molecule has 5 bridgehead atoms. The first-order valence-corrected chi connectivity index (χ1v) is 13.0. The summed E-state index contributed by atoms with van der Waals surface area (Å²) in [6, 6.07) is 9.01. The molecule has 4 heteroatoms. The van der Waals surface area contributed by atoms with E-state index in [1.165, 1.54) is 47.4 Å². The van der Waals surface area contributed by atoms with E-state index in [0.717, 1.165) is 71.0 Å². The van der Waals surface area contributed by atoms with Gasteiger partial charge in [-0.25, -0.2) is 0 Å². The maximum absolute atomic E-state index is 12.0. The number of allylic oxidation sites excluding steroid dienone is 4. The molecule has 0 radical (unpaired) electrons. The Morgan fingerprint density at radius 2 is 1.79 bits per heavy atom. The third kappa shape index (κ3) is 6.99. The van der Waals surface area contributed by atoms with Crippen LogP contribution in [0.1, 0.15) is 82.3 Å². The van der Waals surface area contributed by atoms with Crippen LogP contribution in [0.5, 0.6) is 0 Å². The Bertz CT molecular complexity index is 940. The third-order valence-corrected chi connectivity index (χ3v) is 7.14. The van der Waals surface area contributed by atoms with Crippen molar-refractivity contribution >= 4 is 23.4 Å². The summed E-state index contributed by atoms with van der Waals surface area (Å²) < 4.78 is 0. The van der Waals surface area contributed by atoms with Gasteiger partial charge in [0.15, 0.2) is 0 Å². The van der Waals surface area contributed by atoms with Crippen molar-refractivity contribution in [2.75, 3.05) is 19.6 Å². The summed E-state index contributed by atoms with van der Waals surface area (Å²) in [4.78, 5) is 24.0. The minimum Gasteiger partial charge on any atom is -0.343 e. The molecule has 1 unspecified atom stereocenters. The normalized spacial score (nSPS) is 23.0. The zero-order valence-electron chi connectivity index (χ0n) is 20.3. The summed E-state index contributed by atoms with van der Waals surface area (Å²) in [6.07, 6.45) is 18.9. The Kier molecular flexibility index (Phi) is 8.68. The quantitative estimate of drug-likeness (QED) is 0.455. The van der Waals surface area contributed by atoms with Crippen molar-refractivity contribution in [3.05, 3.63) is 53.2 Å². The van der Waals surface area contributed by atoms with Crippen LogP contribution in [0.3, 0.4) is 0 Å². The number of rotatable bonds is 0. The number of hydrogen-bond donors (Lipinski definition) is 0. The Balaban J connectivity index is 1.60. The predicted octanol–water partition coefficient (Wildman–Crippen LogP) is 6.41. The standard InChI is InChI=1S/C29H39N3O/c1-23(33)32-18-7-3-2-5-10-24-11-9-12-26(20-24)28-22-30-17-16-25-14-15-27(31-29(28)21-25)13-6-4-8-19-32/h9,11-12,14-15,20,22,25H,2-8,10,13,16-19,21H2,1H3. The molecule has 0 aliphatic carbocycles.